The van der Waals surface area contributed by atoms with Crippen molar-refractivity contribution in [1.29, 1.82) is 0 Å². The number of hydrogen-bond donors (Lipinski definition) is 0. The summed E-state index contributed by atoms with van der Waals surface area (Å²) in [6.45, 7) is 5.74. The van der Waals surface area contributed by atoms with E-state index >= 15 is 0 Å². The zero-order valence-corrected chi connectivity index (χ0v) is 17.4. The van der Waals surface area contributed by atoms with Gasteiger partial charge in [-0.25, -0.2) is 0 Å². The number of hydrogen-bond acceptors (Lipinski definition) is 4. The van der Waals surface area contributed by atoms with Crippen molar-refractivity contribution in [2.45, 2.75) is 59.3 Å². The predicted molar refractivity (Wildman–Crippen MR) is 117 cm³/mol. The summed E-state index contributed by atoms with van der Waals surface area (Å²) in [7, 11) is 0. The molecule has 3 aromatic rings. The Hall–Kier alpha value is -2.88. The molecule has 0 N–H and O–H groups in total. The highest BCUT2D eigenvalue weighted by Crippen LogP contribution is 2.43. The number of aryl methyl sites for hydroxylation is 1. The van der Waals surface area contributed by atoms with E-state index in [9.17, 15) is 9.59 Å². The molecule has 0 atom stereocenters. The van der Waals surface area contributed by atoms with Crippen LogP contribution in [-0.4, -0.2) is 11.9 Å². The fraction of sp³-hybridized carbons (Fsp3) is 0.360. The van der Waals surface area contributed by atoms with E-state index in [1.165, 1.54) is 12.0 Å². The van der Waals surface area contributed by atoms with E-state index in [4.69, 9.17) is 9.47 Å². The van der Waals surface area contributed by atoms with Gasteiger partial charge in [-0.15, -0.1) is 0 Å². The first kappa shape index (κ1) is 20.8. The molecular formula is C25H28O4. The molecule has 0 radical (unpaired) electrons. The minimum Gasteiger partial charge on any atom is -0.425 e. The lowest BCUT2D eigenvalue weighted by atomic mass is 9.97. The number of unbranched alkanes of at least 4 members (excludes halogenated alkanes) is 2. The number of rotatable bonds is 8. The first-order chi connectivity index (χ1) is 14.1. The Bertz CT molecular complexity index is 1040. The lowest BCUT2D eigenvalue weighted by Crippen LogP contribution is -2.09. The van der Waals surface area contributed by atoms with Crippen LogP contribution in [0, 0.1) is 0 Å². The Morgan fingerprint density at radius 1 is 0.724 bits per heavy atom. The van der Waals surface area contributed by atoms with Crippen molar-refractivity contribution in [2.75, 3.05) is 0 Å². The minimum absolute atomic E-state index is 0.286. The van der Waals surface area contributed by atoms with Crippen molar-refractivity contribution in [2.24, 2.45) is 0 Å². The Morgan fingerprint density at radius 2 is 1.28 bits per heavy atom. The summed E-state index contributed by atoms with van der Waals surface area (Å²) in [5.41, 5.74) is 1.18. The van der Waals surface area contributed by atoms with Gasteiger partial charge in [0.1, 0.15) is 11.5 Å². The summed E-state index contributed by atoms with van der Waals surface area (Å²) in [5.74, 6) is 0.489. The number of ether oxygens (including phenoxy) is 2. The number of carbonyl (C=O) groups excluding carboxylic acids is 2. The van der Waals surface area contributed by atoms with Crippen LogP contribution in [0.15, 0.2) is 42.5 Å². The van der Waals surface area contributed by atoms with Gasteiger partial charge in [0, 0.05) is 34.4 Å². The van der Waals surface area contributed by atoms with Gasteiger partial charge in [-0.3, -0.25) is 9.59 Å². The van der Waals surface area contributed by atoms with E-state index in [-0.39, 0.29) is 18.4 Å². The Balaban J connectivity index is 2.26. The molecule has 0 aliphatic heterocycles. The van der Waals surface area contributed by atoms with Crippen molar-refractivity contribution in [3.05, 3.63) is 48.0 Å². The highest BCUT2D eigenvalue weighted by atomic mass is 16.5. The van der Waals surface area contributed by atoms with Gasteiger partial charge in [0.2, 0.25) is 0 Å². The summed E-state index contributed by atoms with van der Waals surface area (Å²) < 4.78 is 11.5. The second-order valence-corrected chi connectivity index (χ2v) is 7.20. The van der Waals surface area contributed by atoms with Crippen LogP contribution in [0.5, 0.6) is 11.5 Å². The maximum absolute atomic E-state index is 12.2. The van der Waals surface area contributed by atoms with Gasteiger partial charge in [-0.05, 0) is 24.5 Å². The molecule has 0 bridgehead atoms. The van der Waals surface area contributed by atoms with Crippen molar-refractivity contribution in [3.63, 3.8) is 0 Å². The van der Waals surface area contributed by atoms with E-state index in [1.54, 1.807) is 13.8 Å². The molecule has 0 heterocycles. The van der Waals surface area contributed by atoms with Gasteiger partial charge < -0.3 is 9.47 Å². The molecule has 3 aromatic carbocycles. The average molecular weight is 392 g/mol. The zero-order chi connectivity index (χ0) is 20.8. The molecule has 29 heavy (non-hydrogen) atoms. The summed E-state index contributed by atoms with van der Waals surface area (Å²) in [4.78, 5) is 24.3. The van der Waals surface area contributed by atoms with Gasteiger partial charge >= 0.3 is 11.9 Å². The molecule has 4 heteroatoms. The first-order valence-electron chi connectivity index (χ1n) is 10.5. The monoisotopic (exact) mass is 392 g/mol. The lowest BCUT2D eigenvalue weighted by Gasteiger charge is -2.17. The highest BCUT2D eigenvalue weighted by Gasteiger charge is 2.19. The van der Waals surface area contributed by atoms with Crippen molar-refractivity contribution >= 4 is 33.5 Å². The number of esters is 2. The molecule has 152 valence electrons. The summed E-state index contributed by atoms with van der Waals surface area (Å²) in [6.07, 6.45) is 4.98. The van der Waals surface area contributed by atoms with Crippen LogP contribution in [0.3, 0.4) is 0 Å². The first-order valence-corrected chi connectivity index (χ1v) is 10.5. The van der Waals surface area contributed by atoms with Crippen LogP contribution >= 0.6 is 0 Å². The highest BCUT2D eigenvalue weighted by molar-refractivity contribution is 6.12. The molecule has 3 rings (SSSR count). The van der Waals surface area contributed by atoms with E-state index in [0.29, 0.717) is 17.9 Å². The molecule has 0 saturated carbocycles. The molecular weight excluding hydrogens is 364 g/mol. The molecule has 0 aromatic heterocycles. The van der Waals surface area contributed by atoms with Crippen LogP contribution in [-0.2, 0) is 16.0 Å². The van der Waals surface area contributed by atoms with Crippen molar-refractivity contribution in [1.82, 2.24) is 0 Å². The van der Waals surface area contributed by atoms with E-state index in [1.807, 2.05) is 30.3 Å². The largest absolute Gasteiger partial charge is 0.425 e. The Morgan fingerprint density at radius 3 is 1.83 bits per heavy atom. The van der Waals surface area contributed by atoms with Crippen LogP contribution in [0.25, 0.3) is 21.5 Å². The second kappa shape index (κ2) is 9.55. The SMILES string of the molecule is CCCCCc1ccc2c(OC(=O)CC)c3ccccc3c(OC(=O)CC)c2c1. The third-order valence-electron chi connectivity index (χ3n) is 5.07. The standard InChI is InChI=1S/C25H28O4/c1-4-7-8-11-17-14-15-20-21(16-17)25(29-23(27)6-3)19-13-10-9-12-18(19)24(20)28-22(26)5-2/h9-10,12-16H,4-8,11H2,1-3H3. The molecule has 0 aliphatic carbocycles. The van der Waals surface area contributed by atoms with Gasteiger partial charge in [0.15, 0.2) is 0 Å². The Kier molecular flexibility index (Phi) is 6.86. The molecule has 0 saturated heterocycles. The third kappa shape index (κ3) is 4.58. The lowest BCUT2D eigenvalue weighted by molar-refractivity contribution is -0.134. The summed E-state index contributed by atoms with van der Waals surface area (Å²) in [5, 5.41) is 3.12. The summed E-state index contributed by atoms with van der Waals surface area (Å²) >= 11 is 0. The van der Waals surface area contributed by atoms with Gasteiger partial charge in [0.05, 0.1) is 0 Å². The maximum atomic E-state index is 12.2. The number of fused-ring (bicyclic) bond motifs is 2. The summed E-state index contributed by atoms with van der Waals surface area (Å²) in [6, 6.07) is 13.7. The van der Waals surface area contributed by atoms with Crippen molar-refractivity contribution in [3.8, 4) is 11.5 Å². The van der Waals surface area contributed by atoms with Crippen LogP contribution in [0.1, 0.15) is 58.4 Å². The smallest absolute Gasteiger partial charge is 0.310 e. The van der Waals surface area contributed by atoms with E-state index < -0.39 is 0 Å². The second-order valence-electron chi connectivity index (χ2n) is 7.20. The average Bonchev–Trinajstić information content (AvgIpc) is 2.75. The molecule has 4 nitrogen and oxygen atoms in total. The van der Waals surface area contributed by atoms with E-state index in [2.05, 4.69) is 19.1 Å². The molecule has 0 fully saturated rings. The zero-order valence-electron chi connectivity index (χ0n) is 17.4. The van der Waals surface area contributed by atoms with E-state index in [0.717, 1.165) is 40.8 Å². The third-order valence-corrected chi connectivity index (χ3v) is 5.07. The van der Waals surface area contributed by atoms with Gasteiger partial charge in [-0.2, -0.15) is 0 Å². The maximum Gasteiger partial charge on any atom is 0.310 e. The fourth-order valence-corrected chi connectivity index (χ4v) is 3.47. The minimum atomic E-state index is -0.290. The normalized spacial score (nSPS) is 11.0. The van der Waals surface area contributed by atoms with Crippen LogP contribution in [0.2, 0.25) is 0 Å². The predicted octanol–water partition coefficient (Wildman–Crippen LogP) is 6.36. The molecule has 0 spiro atoms. The quantitative estimate of drug-likeness (QED) is 0.194. The molecule has 0 aliphatic rings. The number of carbonyl (C=O) groups is 2. The Labute approximate surface area is 171 Å². The molecule has 0 amide bonds. The van der Waals surface area contributed by atoms with Gasteiger partial charge in [0.25, 0.3) is 0 Å². The van der Waals surface area contributed by atoms with Crippen LogP contribution < -0.4 is 9.47 Å². The van der Waals surface area contributed by atoms with Gasteiger partial charge in [-0.1, -0.05) is 70.0 Å². The fourth-order valence-electron chi connectivity index (χ4n) is 3.47. The topological polar surface area (TPSA) is 52.6 Å². The molecule has 0 unspecified atom stereocenters. The van der Waals surface area contributed by atoms with Crippen LogP contribution in [0.4, 0.5) is 0 Å². The number of benzene rings is 3. The van der Waals surface area contributed by atoms with Crippen molar-refractivity contribution < 1.29 is 19.1 Å².